The third-order valence-electron chi connectivity index (χ3n) is 3.17. The van der Waals surface area contributed by atoms with Crippen LogP contribution in [0.3, 0.4) is 0 Å². The number of nitrogens with zero attached hydrogens (tertiary/aromatic N) is 3. The molecular formula is C14H15F3N4O2. The average molecular weight is 328 g/mol. The number of rotatable bonds is 4. The van der Waals surface area contributed by atoms with Gasteiger partial charge in [-0.3, -0.25) is 14.5 Å². The molecule has 9 heteroatoms. The van der Waals surface area contributed by atoms with Crippen molar-refractivity contribution in [3.05, 3.63) is 47.3 Å². The highest BCUT2D eigenvalue weighted by Gasteiger charge is 2.30. The minimum atomic E-state index is -4.40. The number of hydrogen-bond acceptors (Lipinski definition) is 4. The highest BCUT2D eigenvalue weighted by molar-refractivity contribution is 5.94. The number of ether oxygens (including phenoxy) is 1. The molecule has 0 aliphatic heterocycles. The van der Waals surface area contributed by atoms with Crippen LogP contribution in [0, 0.1) is 0 Å². The summed E-state index contributed by atoms with van der Waals surface area (Å²) in [7, 11) is 3.02. The van der Waals surface area contributed by atoms with Crippen LogP contribution in [0.4, 0.5) is 13.2 Å². The zero-order valence-corrected chi connectivity index (χ0v) is 12.5. The maximum absolute atomic E-state index is 12.5. The van der Waals surface area contributed by atoms with Gasteiger partial charge in [-0.25, -0.2) is 5.84 Å². The molecule has 2 N–H and O–H groups in total. The van der Waals surface area contributed by atoms with Gasteiger partial charge >= 0.3 is 6.18 Å². The number of alkyl halides is 3. The summed E-state index contributed by atoms with van der Waals surface area (Å²) in [6.07, 6.45) is -3.04. The van der Waals surface area contributed by atoms with Gasteiger partial charge in [0.1, 0.15) is 12.4 Å². The predicted molar refractivity (Wildman–Crippen MR) is 75.3 cm³/mol. The van der Waals surface area contributed by atoms with Crippen molar-refractivity contribution >= 4 is 5.91 Å². The first-order valence-corrected chi connectivity index (χ1v) is 6.54. The molecule has 2 rings (SSSR count). The van der Waals surface area contributed by atoms with Crippen molar-refractivity contribution in [2.75, 3.05) is 7.05 Å². The lowest BCUT2D eigenvalue weighted by Crippen LogP contribution is -2.33. The van der Waals surface area contributed by atoms with E-state index in [0.717, 1.165) is 17.1 Å². The van der Waals surface area contributed by atoms with Crippen LogP contribution in [-0.4, -0.2) is 27.7 Å². The Morgan fingerprint density at radius 3 is 2.48 bits per heavy atom. The number of aryl methyl sites for hydroxylation is 1. The lowest BCUT2D eigenvalue weighted by molar-refractivity contribution is -0.137. The lowest BCUT2D eigenvalue weighted by atomic mass is 10.2. The van der Waals surface area contributed by atoms with Crippen LogP contribution >= 0.6 is 0 Å². The number of nitrogens with two attached hydrogens (primary N) is 1. The number of hydrogen-bond donors (Lipinski definition) is 1. The minimum absolute atomic E-state index is 0.0310. The topological polar surface area (TPSA) is 73.4 Å². The number of carbonyl (C=O) groups excluding carboxylic acids is 1. The molecular weight excluding hydrogens is 313 g/mol. The van der Waals surface area contributed by atoms with E-state index in [-0.39, 0.29) is 17.9 Å². The van der Waals surface area contributed by atoms with Crippen molar-refractivity contribution in [1.29, 1.82) is 0 Å². The molecule has 0 spiro atoms. The van der Waals surface area contributed by atoms with E-state index < -0.39 is 17.6 Å². The van der Waals surface area contributed by atoms with E-state index in [0.29, 0.717) is 5.69 Å². The zero-order valence-electron chi connectivity index (χ0n) is 12.5. The van der Waals surface area contributed by atoms with E-state index in [1.165, 1.54) is 30.1 Å². The first kappa shape index (κ1) is 16.8. The van der Waals surface area contributed by atoms with Gasteiger partial charge in [-0.1, -0.05) is 0 Å². The normalized spacial score (nSPS) is 11.4. The summed E-state index contributed by atoms with van der Waals surface area (Å²) >= 11 is 0. The third-order valence-corrected chi connectivity index (χ3v) is 3.17. The van der Waals surface area contributed by atoms with E-state index in [1.807, 2.05) is 0 Å². The zero-order chi connectivity index (χ0) is 17.2. The Kier molecular flexibility index (Phi) is 4.60. The molecule has 2 aromatic rings. The van der Waals surface area contributed by atoms with E-state index in [4.69, 9.17) is 10.6 Å². The molecule has 0 unspecified atom stereocenters. The van der Waals surface area contributed by atoms with Crippen LogP contribution in [0.5, 0.6) is 5.75 Å². The predicted octanol–water partition coefficient (Wildman–Crippen LogP) is 1.96. The van der Waals surface area contributed by atoms with E-state index in [2.05, 4.69) is 5.10 Å². The maximum Gasteiger partial charge on any atom is 0.416 e. The van der Waals surface area contributed by atoms with Gasteiger partial charge in [0.15, 0.2) is 0 Å². The molecule has 0 aliphatic rings. The molecule has 1 aromatic heterocycles. The molecule has 23 heavy (non-hydrogen) atoms. The molecule has 6 nitrogen and oxygen atoms in total. The van der Waals surface area contributed by atoms with Gasteiger partial charge < -0.3 is 4.74 Å². The molecule has 0 fully saturated rings. The first-order valence-electron chi connectivity index (χ1n) is 6.54. The average Bonchev–Trinajstić information content (AvgIpc) is 2.84. The van der Waals surface area contributed by atoms with E-state index in [1.54, 1.807) is 7.05 Å². The molecule has 0 aliphatic carbocycles. The van der Waals surface area contributed by atoms with Gasteiger partial charge in [0.2, 0.25) is 0 Å². The van der Waals surface area contributed by atoms with E-state index in [9.17, 15) is 18.0 Å². The summed E-state index contributed by atoms with van der Waals surface area (Å²) in [6, 6.07) is 4.29. The number of amides is 1. The van der Waals surface area contributed by atoms with E-state index >= 15 is 0 Å². The molecule has 0 atom stereocenters. The first-order chi connectivity index (χ1) is 10.7. The summed E-state index contributed by atoms with van der Waals surface area (Å²) in [5, 5.41) is 4.88. The maximum atomic E-state index is 12.5. The van der Waals surface area contributed by atoms with Crippen molar-refractivity contribution < 1.29 is 22.7 Å². The highest BCUT2D eigenvalue weighted by Crippen LogP contribution is 2.30. The second-order valence-corrected chi connectivity index (χ2v) is 4.86. The standard InChI is InChI=1S/C14H15F3N4O2/c1-20(18)13(22)11-7-19-21(2)12(11)8-23-10-5-3-9(4-6-10)14(15,16)17/h3-7H,8,18H2,1-2H3. The second-order valence-electron chi connectivity index (χ2n) is 4.86. The quantitative estimate of drug-likeness (QED) is 0.529. The molecule has 1 amide bonds. The van der Waals surface area contributed by atoms with Crippen molar-refractivity contribution in [3.8, 4) is 5.75 Å². The molecule has 0 radical (unpaired) electrons. The fourth-order valence-electron chi connectivity index (χ4n) is 1.89. The van der Waals surface area contributed by atoms with Gasteiger partial charge in [-0.15, -0.1) is 0 Å². The second kappa shape index (κ2) is 6.29. The monoisotopic (exact) mass is 328 g/mol. The Morgan fingerprint density at radius 1 is 1.35 bits per heavy atom. The number of carbonyl (C=O) groups is 1. The Balaban J connectivity index is 2.12. The Hall–Kier alpha value is -2.55. The molecule has 0 saturated carbocycles. The smallest absolute Gasteiger partial charge is 0.416 e. The Bertz CT molecular complexity index is 693. The van der Waals surface area contributed by atoms with Crippen molar-refractivity contribution in [1.82, 2.24) is 14.8 Å². The lowest BCUT2D eigenvalue weighted by Gasteiger charge is -2.12. The fourth-order valence-corrected chi connectivity index (χ4v) is 1.89. The molecule has 1 aromatic carbocycles. The van der Waals surface area contributed by atoms with Gasteiger partial charge in [0.25, 0.3) is 5.91 Å². The summed E-state index contributed by atoms with van der Waals surface area (Å²) in [6.45, 7) is -0.0310. The van der Waals surface area contributed by atoms with Crippen LogP contribution in [0.15, 0.2) is 30.5 Å². The van der Waals surface area contributed by atoms with Crippen molar-refractivity contribution in [2.24, 2.45) is 12.9 Å². The van der Waals surface area contributed by atoms with Gasteiger partial charge in [-0.05, 0) is 24.3 Å². The van der Waals surface area contributed by atoms with Crippen LogP contribution in [0.1, 0.15) is 21.6 Å². The van der Waals surface area contributed by atoms with Gasteiger partial charge in [0.05, 0.1) is 23.0 Å². The number of benzene rings is 1. The summed E-state index contributed by atoms with van der Waals surface area (Å²) in [5.74, 6) is 5.22. The SMILES string of the molecule is CN(N)C(=O)c1cnn(C)c1COc1ccc(C(F)(F)F)cc1. The highest BCUT2D eigenvalue weighted by atomic mass is 19.4. The fraction of sp³-hybridized carbons (Fsp3) is 0.286. The van der Waals surface area contributed by atoms with Gasteiger partial charge in [0, 0.05) is 14.1 Å². The van der Waals surface area contributed by atoms with Crippen LogP contribution in [-0.2, 0) is 19.8 Å². The van der Waals surface area contributed by atoms with Gasteiger partial charge in [-0.2, -0.15) is 18.3 Å². The van der Waals surface area contributed by atoms with Crippen LogP contribution in [0.25, 0.3) is 0 Å². The number of halogens is 3. The molecule has 124 valence electrons. The Labute approximate surface area is 130 Å². The van der Waals surface area contributed by atoms with Crippen molar-refractivity contribution in [3.63, 3.8) is 0 Å². The van der Waals surface area contributed by atoms with Crippen molar-refractivity contribution in [2.45, 2.75) is 12.8 Å². The summed E-state index contributed by atoms with van der Waals surface area (Å²) in [5.41, 5.74) is -0.0254. The largest absolute Gasteiger partial charge is 0.487 e. The Morgan fingerprint density at radius 2 is 1.96 bits per heavy atom. The van der Waals surface area contributed by atoms with Crippen LogP contribution < -0.4 is 10.6 Å². The summed E-state index contributed by atoms with van der Waals surface area (Å²) < 4.78 is 44.4. The summed E-state index contributed by atoms with van der Waals surface area (Å²) in [4.78, 5) is 11.9. The molecule has 0 saturated heterocycles. The minimum Gasteiger partial charge on any atom is -0.487 e. The van der Waals surface area contributed by atoms with Crippen LogP contribution in [0.2, 0.25) is 0 Å². The third kappa shape index (κ3) is 3.81. The number of aromatic nitrogens is 2. The molecule has 0 bridgehead atoms. The molecule has 1 heterocycles. The number of hydrazine groups is 1.